The van der Waals surface area contributed by atoms with E-state index in [1.165, 1.54) is 22.3 Å². The van der Waals surface area contributed by atoms with Gasteiger partial charge < -0.3 is 10.2 Å². The third-order valence-electron chi connectivity index (χ3n) is 6.26. The maximum absolute atomic E-state index is 12.9. The van der Waals surface area contributed by atoms with E-state index in [1.807, 2.05) is 6.07 Å². The zero-order chi connectivity index (χ0) is 18.9. The van der Waals surface area contributed by atoms with E-state index in [0.717, 1.165) is 57.7 Å². The van der Waals surface area contributed by atoms with Crippen LogP contribution in [-0.2, 0) is 13.1 Å². The van der Waals surface area contributed by atoms with Crippen LogP contribution in [0.15, 0.2) is 54.6 Å². The number of carbonyl (C=O) groups excluding carboxylic acids is 1. The van der Waals surface area contributed by atoms with Gasteiger partial charge in [-0.05, 0) is 53.8 Å². The summed E-state index contributed by atoms with van der Waals surface area (Å²) in [6.07, 6.45) is 4.60. The summed E-state index contributed by atoms with van der Waals surface area (Å²) in [5.74, 6) is 0.210. The second-order valence-corrected chi connectivity index (χ2v) is 8.19. The van der Waals surface area contributed by atoms with Gasteiger partial charge in [0.15, 0.2) is 0 Å². The number of amides is 1. The molecule has 0 radical (unpaired) electrons. The van der Waals surface area contributed by atoms with E-state index in [4.69, 9.17) is 0 Å². The van der Waals surface area contributed by atoms with Gasteiger partial charge in [-0.2, -0.15) is 0 Å². The van der Waals surface area contributed by atoms with Crippen LogP contribution in [0.5, 0.6) is 0 Å². The van der Waals surface area contributed by atoms with E-state index in [1.54, 1.807) is 0 Å². The number of fused-ring (bicyclic) bond motifs is 1. The van der Waals surface area contributed by atoms with Gasteiger partial charge in [0.25, 0.3) is 5.91 Å². The number of nitrogens with one attached hydrogen (secondary N) is 1. The van der Waals surface area contributed by atoms with Crippen LogP contribution >= 0.6 is 0 Å². The van der Waals surface area contributed by atoms with Gasteiger partial charge in [-0.25, -0.2) is 0 Å². The molecule has 3 heterocycles. The Morgan fingerprint density at radius 3 is 2.79 bits per heavy atom. The first-order valence-corrected chi connectivity index (χ1v) is 10.4. The summed E-state index contributed by atoms with van der Waals surface area (Å²) in [7, 11) is 0. The van der Waals surface area contributed by atoms with Gasteiger partial charge in [0, 0.05) is 44.3 Å². The van der Waals surface area contributed by atoms with Gasteiger partial charge in [-0.3, -0.25) is 9.69 Å². The molecule has 0 aliphatic carbocycles. The molecular formula is C24H27N3O. The van der Waals surface area contributed by atoms with E-state index < -0.39 is 0 Å². The molecule has 1 N–H and O–H groups in total. The van der Waals surface area contributed by atoms with Gasteiger partial charge in [-0.15, -0.1) is 0 Å². The second kappa shape index (κ2) is 7.53. The number of carbonyl (C=O) groups is 1. The second-order valence-electron chi connectivity index (χ2n) is 8.19. The molecule has 1 fully saturated rings. The number of rotatable bonds is 4. The van der Waals surface area contributed by atoms with E-state index in [9.17, 15) is 4.79 Å². The molecule has 1 unspecified atom stereocenters. The fourth-order valence-corrected chi connectivity index (χ4v) is 4.72. The van der Waals surface area contributed by atoms with Crippen LogP contribution < -0.4 is 5.32 Å². The highest BCUT2D eigenvalue weighted by atomic mass is 16.2. The molecule has 0 aromatic heterocycles. The van der Waals surface area contributed by atoms with Crippen LogP contribution in [0.2, 0.25) is 0 Å². The van der Waals surface area contributed by atoms with E-state index in [2.05, 4.69) is 63.7 Å². The summed E-state index contributed by atoms with van der Waals surface area (Å²) < 4.78 is 0. The molecule has 2 aromatic carbocycles. The SMILES string of the molecule is O=C1c2ccc(C3=CCN(Cc4ccccc4)C3)cc2CN1C1CCCNC1. The molecule has 4 heteroatoms. The van der Waals surface area contributed by atoms with Crippen molar-refractivity contribution in [2.24, 2.45) is 0 Å². The standard InChI is InChI=1S/C24H27N3O/c28-24-23-9-8-19(13-21(23)17-27(24)22-7-4-11-25-14-22)20-10-12-26(16-20)15-18-5-2-1-3-6-18/h1-3,5-6,8-10,13,22,25H,4,7,11-12,14-17H2. The van der Waals surface area contributed by atoms with Crippen LogP contribution in [0.4, 0.5) is 0 Å². The Balaban J connectivity index is 1.28. The minimum absolute atomic E-state index is 0.210. The molecule has 0 saturated carbocycles. The van der Waals surface area contributed by atoms with E-state index >= 15 is 0 Å². The van der Waals surface area contributed by atoms with Crippen molar-refractivity contribution in [1.82, 2.24) is 15.1 Å². The smallest absolute Gasteiger partial charge is 0.254 e. The van der Waals surface area contributed by atoms with Gasteiger partial charge in [0.1, 0.15) is 0 Å². The average Bonchev–Trinajstić information content (AvgIpc) is 3.34. The van der Waals surface area contributed by atoms with Crippen molar-refractivity contribution in [2.45, 2.75) is 32.0 Å². The minimum atomic E-state index is 0.210. The molecule has 1 amide bonds. The van der Waals surface area contributed by atoms with Crippen LogP contribution in [0.3, 0.4) is 0 Å². The van der Waals surface area contributed by atoms with Gasteiger partial charge in [-0.1, -0.05) is 42.5 Å². The maximum Gasteiger partial charge on any atom is 0.254 e. The largest absolute Gasteiger partial charge is 0.330 e. The summed E-state index contributed by atoms with van der Waals surface area (Å²) in [4.78, 5) is 17.4. The first-order valence-electron chi connectivity index (χ1n) is 10.4. The molecular weight excluding hydrogens is 346 g/mol. The Kier molecular flexibility index (Phi) is 4.75. The summed E-state index contributed by atoms with van der Waals surface area (Å²) in [5.41, 5.74) is 6.09. The highest BCUT2D eigenvalue weighted by Crippen LogP contribution is 2.31. The summed E-state index contributed by atoms with van der Waals surface area (Å²) in [6.45, 7) is 5.69. The minimum Gasteiger partial charge on any atom is -0.330 e. The Morgan fingerprint density at radius 1 is 1.07 bits per heavy atom. The van der Waals surface area contributed by atoms with Crippen molar-refractivity contribution >= 4 is 11.5 Å². The molecule has 0 spiro atoms. The number of benzene rings is 2. The average molecular weight is 374 g/mol. The van der Waals surface area contributed by atoms with Crippen LogP contribution in [-0.4, -0.2) is 47.9 Å². The lowest BCUT2D eigenvalue weighted by Gasteiger charge is -2.31. The lowest BCUT2D eigenvalue weighted by atomic mass is 10.0. The molecule has 5 rings (SSSR count). The number of hydrogen-bond acceptors (Lipinski definition) is 3. The van der Waals surface area contributed by atoms with Crippen molar-refractivity contribution in [3.8, 4) is 0 Å². The highest BCUT2D eigenvalue weighted by Gasteiger charge is 2.33. The Morgan fingerprint density at radius 2 is 1.96 bits per heavy atom. The Hall–Kier alpha value is -2.43. The molecule has 4 nitrogen and oxygen atoms in total. The van der Waals surface area contributed by atoms with Gasteiger partial charge in [0.2, 0.25) is 0 Å². The lowest BCUT2D eigenvalue weighted by molar-refractivity contribution is 0.0674. The molecule has 0 bridgehead atoms. The fourth-order valence-electron chi connectivity index (χ4n) is 4.72. The first kappa shape index (κ1) is 17.7. The topological polar surface area (TPSA) is 35.6 Å². The predicted molar refractivity (Wildman–Crippen MR) is 112 cm³/mol. The predicted octanol–water partition coefficient (Wildman–Crippen LogP) is 3.29. The van der Waals surface area contributed by atoms with E-state index in [0.29, 0.717) is 6.04 Å². The van der Waals surface area contributed by atoms with Crippen LogP contribution in [0, 0.1) is 0 Å². The molecule has 144 valence electrons. The quantitative estimate of drug-likeness (QED) is 0.893. The summed E-state index contributed by atoms with van der Waals surface area (Å²) >= 11 is 0. The fraction of sp³-hybridized carbons (Fsp3) is 0.375. The molecule has 1 saturated heterocycles. The van der Waals surface area contributed by atoms with Crippen molar-refractivity contribution in [3.63, 3.8) is 0 Å². The summed E-state index contributed by atoms with van der Waals surface area (Å²) in [6, 6.07) is 17.4. The number of nitrogens with zero attached hydrogens (tertiary/aromatic N) is 2. The normalized spacial score (nSPS) is 22.4. The Bertz CT molecular complexity index is 899. The Labute approximate surface area is 166 Å². The molecule has 3 aliphatic heterocycles. The lowest BCUT2D eigenvalue weighted by Crippen LogP contribution is -2.46. The number of piperidine rings is 1. The highest BCUT2D eigenvalue weighted by molar-refractivity contribution is 5.99. The zero-order valence-electron chi connectivity index (χ0n) is 16.2. The molecule has 3 aliphatic rings. The van der Waals surface area contributed by atoms with Crippen LogP contribution in [0.25, 0.3) is 5.57 Å². The van der Waals surface area contributed by atoms with Crippen molar-refractivity contribution in [2.75, 3.05) is 26.2 Å². The van der Waals surface area contributed by atoms with Gasteiger partial charge in [0.05, 0.1) is 0 Å². The maximum atomic E-state index is 12.9. The van der Waals surface area contributed by atoms with E-state index in [-0.39, 0.29) is 5.91 Å². The third-order valence-corrected chi connectivity index (χ3v) is 6.26. The first-order chi connectivity index (χ1) is 13.8. The summed E-state index contributed by atoms with van der Waals surface area (Å²) in [5, 5.41) is 3.43. The third kappa shape index (κ3) is 3.38. The monoisotopic (exact) mass is 373 g/mol. The van der Waals surface area contributed by atoms with Crippen molar-refractivity contribution in [1.29, 1.82) is 0 Å². The zero-order valence-corrected chi connectivity index (χ0v) is 16.2. The number of hydrogen-bond donors (Lipinski definition) is 1. The van der Waals surface area contributed by atoms with Crippen molar-refractivity contribution < 1.29 is 4.79 Å². The molecule has 1 atom stereocenters. The van der Waals surface area contributed by atoms with Crippen LogP contribution in [0.1, 0.15) is 39.9 Å². The molecule has 28 heavy (non-hydrogen) atoms. The molecule has 2 aromatic rings. The van der Waals surface area contributed by atoms with Gasteiger partial charge >= 0.3 is 0 Å². The van der Waals surface area contributed by atoms with Crippen molar-refractivity contribution in [3.05, 3.63) is 76.9 Å².